The maximum absolute atomic E-state index is 2.36. The van der Waals surface area contributed by atoms with E-state index in [0.29, 0.717) is 0 Å². The number of imidazole rings is 1. The largest absolute Gasteiger partial charge is 0.246 e. The Morgan fingerprint density at radius 1 is 0.905 bits per heavy atom. The Balaban J connectivity index is 2.03. The second kappa shape index (κ2) is 6.69. The van der Waals surface area contributed by atoms with E-state index in [2.05, 4.69) is 95.2 Å². The van der Waals surface area contributed by atoms with Gasteiger partial charge in [-0.05, 0) is 6.42 Å². The topological polar surface area (TPSA) is 8.81 Å². The van der Waals surface area contributed by atoms with E-state index in [1.807, 2.05) is 0 Å². The zero-order chi connectivity index (χ0) is 14.5. The van der Waals surface area contributed by atoms with Gasteiger partial charge in [0, 0.05) is 10.6 Å². The van der Waals surface area contributed by atoms with E-state index in [1.54, 1.807) is 0 Å². The molecule has 2 nitrogen and oxygen atoms in total. The third-order valence-electron chi connectivity index (χ3n) is 3.39. The van der Waals surface area contributed by atoms with Gasteiger partial charge in [0.2, 0.25) is 6.33 Å². The molecule has 0 N–H and O–H groups in total. The maximum atomic E-state index is 2.36. The summed E-state index contributed by atoms with van der Waals surface area (Å²) in [5, 5.41) is 2.75. The number of hydrogen-bond donors (Lipinski definition) is 0. The molecule has 0 unspecified atom stereocenters. The minimum Gasteiger partial charge on any atom is -0.237 e. The first-order chi connectivity index (χ1) is 10.4. The van der Waals surface area contributed by atoms with Crippen molar-refractivity contribution < 1.29 is 4.57 Å². The highest BCUT2D eigenvalue weighted by molar-refractivity contribution is 7.71. The van der Waals surface area contributed by atoms with Crippen LogP contribution >= 0.6 is 8.07 Å². The lowest BCUT2D eigenvalue weighted by Crippen LogP contribution is -2.30. The first-order valence-electron chi connectivity index (χ1n) is 7.36. The molecule has 0 amide bonds. The summed E-state index contributed by atoms with van der Waals surface area (Å²) in [7, 11) is -0.540. The van der Waals surface area contributed by atoms with Gasteiger partial charge >= 0.3 is 0 Å². The molecule has 0 aliphatic rings. The molecule has 0 atom stereocenters. The highest BCUT2D eigenvalue weighted by Gasteiger charge is 2.21. The van der Waals surface area contributed by atoms with Crippen LogP contribution in [-0.2, 0) is 6.54 Å². The van der Waals surface area contributed by atoms with Crippen LogP contribution in [0.15, 0.2) is 79.4 Å². The monoisotopic (exact) mass is 295 g/mol. The second-order valence-corrected chi connectivity index (χ2v) is 7.13. The van der Waals surface area contributed by atoms with Crippen LogP contribution in [0, 0.1) is 0 Å². The highest BCUT2D eigenvalue weighted by Crippen LogP contribution is 2.34. The van der Waals surface area contributed by atoms with Gasteiger partial charge in [-0.1, -0.05) is 67.6 Å². The lowest BCUT2D eigenvalue weighted by molar-refractivity contribution is -0.695. The van der Waals surface area contributed by atoms with Crippen LogP contribution < -0.4 is 15.2 Å². The van der Waals surface area contributed by atoms with Crippen molar-refractivity contribution >= 4 is 18.7 Å². The molecule has 0 radical (unpaired) electrons. The van der Waals surface area contributed by atoms with Gasteiger partial charge < -0.3 is 0 Å². The number of aryl methyl sites for hydroxylation is 1. The van der Waals surface area contributed by atoms with Gasteiger partial charge in [-0.25, -0.2) is 8.90 Å². The molecule has 0 aliphatic heterocycles. The summed E-state index contributed by atoms with van der Waals surface area (Å²) in [4.78, 5) is 0. The molecule has 0 spiro atoms. The average Bonchev–Trinajstić information content (AvgIpc) is 2.98. The van der Waals surface area contributed by atoms with Gasteiger partial charge in [-0.2, -0.15) is 0 Å². The normalized spacial score (nSPS) is 11.0. The van der Waals surface area contributed by atoms with Gasteiger partial charge in [0.25, 0.3) is 0 Å². The molecule has 3 aromatic rings. The summed E-state index contributed by atoms with van der Waals surface area (Å²) in [5.74, 6) is 0. The third-order valence-corrected chi connectivity index (χ3v) is 5.66. The van der Waals surface area contributed by atoms with E-state index in [1.165, 1.54) is 10.6 Å². The first kappa shape index (κ1) is 14.0. The number of benzene rings is 2. The summed E-state index contributed by atoms with van der Waals surface area (Å²) >= 11 is 0. The smallest absolute Gasteiger partial charge is 0.237 e. The molecule has 1 heterocycles. The molecular weight excluding hydrogens is 275 g/mol. The molecule has 0 fully saturated rings. The quantitative estimate of drug-likeness (QED) is 0.505. The molecular formula is C18H20N2P+. The van der Waals surface area contributed by atoms with Gasteiger partial charge in [0.15, 0.2) is 8.07 Å². The van der Waals surface area contributed by atoms with Crippen molar-refractivity contribution in [3.8, 4) is 0 Å². The maximum Gasteiger partial charge on any atom is 0.246 e. The standard InChI is InChI=1S/C18H20N2P/c1-2-13-19-14-15-20(16-19)21(17-9-5-3-6-10-17)18-11-7-4-8-12-18/h3-12,14-16H,2,13H2,1H3/q+1. The van der Waals surface area contributed by atoms with Crippen molar-refractivity contribution in [3.05, 3.63) is 79.4 Å². The van der Waals surface area contributed by atoms with Gasteiger partial charge in [-0.3, -0.25) is 0 Å². The molecule has 0 bridgehead atoms. The predicted molar refractivity (Wildman–Crippen MR) is 89.4 cm³/mol. The molecule has 106 valence electrons. The fourth-order valence-electron chi connectivity index (χ4n) is 2.45. The number of rotatable bonds is 5. The Morgan fingerprint density at radius 3 is 2.00 bits per heavy atom. The third kappa shape index (κ3) is 3.22. The van der Waals surface area contributed by atoms with E-state index in [-0.39, 0.29) is 0 Å². The Kier molecular flexibility index (Phi) is 4.47. The lowest BCUT2D eigenvalue weighted by atomic mass is 10.4. The zero-order valence-corrected chi connectivity index (χ0v) is 13.2. The van der Waals surface area contributed by atoms with Crippen molar-refractivity contribution in [2.75, 3.05) is 0 Å². The van der Waals surface area contributed by atoms with Crippen LogP contribution in [-0.4, -0.2) is 4.34 Å². The van der Waals surface area contributed by atoms with Crippen LogP contribution in [0.1, 0.15) is 13.3 Å². The number of aromatic nitrogens is 2. The molecule has 2 aromatic carbocycles. The fourth-order valence-corrected chi connectivity index (χ4v) is 4.62. The predicted octanol–water partition coefficient (Wildman–Crippen LogP) is 3.08. The van der Waals surface area contributed by atoms with Crippen molar-refractivity contribution in [3.63, 3.8) is 0 Å². The molecule has 21 heavy (non-hydrogen) atoms. The summed E-state index contributed by atoms with van der Waals surface area (Å²) in [6.45, 7) is 3.28. The number of hydrogen-bond acceptors (Lipinski definition) is 0. The second-order valence-electron chi connectivity index (χ2n) is 5.01. The summed E-state index contributed by atoms with van der Waals surface area (Å²) in [6.07, 6.45) is 7.75. The molecule has 0 saturated carbocycles. The lowest BCUT2D eigenvalue weighted by Gasteiger charge is -2.13. The van der Waals surface area contributed by atoms with Crippen LogP contribution in [0.4, 0.5) is 0 Å². The van der Waals surface area contributed by atoms with E-state index in [9.17, 15) is 0 Å². The van der Waals surface area contributed by atoms with Crippen molar-refractivity contribution in [2.24, 2.45) is 0 Å². The Morgan fingerprint density at radius 2 is 1.48 bits per heavy atom. The van der Waals surface area contributed by atoms with Crippen LogP contribution in [0.3, 0.4) is 0 Å². The van der Waals surface area contributed by atoms with Crippen molar-refractivity contribution in [1.29, 1.82) is 0 Å². The van der Waals surface area contributed by atoms with Crippen LogP contribution in [0.25, 0.3) is 0 Å². The molecule has 0 saturated heterocycles. The SMILES string of the molecule is CCC[n+]1ccn(P(c2ccccc2)c2ccccc2)c1. The molecule has 1 aromatic heterocycles. The van der Waals surface area contributed by atoms with E-state index < -0.39 is 8.07 Å². The van der Waals surface area contributed by atoms with Crippen LogP contribution in [0.2, 0.25) is 0 Å². The summed E-state index contributed by atoms with van der Waals surface area (Å²) < 4.78 is 4.62. The highest BCUT2D eigenvalue weighted by atomic mass is 31.1. The van der Waals surface area contributed by atoms with Crippen molar-refractivity contribution in [2.45, 2.75) is 19.9 Å². The molecule has 0 aliphatic carbocycles. The van der Waals surface area contributed by atoms with Gasteiger partial charge in [0.05, 0.1) is 6.54 Å². The van der Waals surface area contributed by atoms with E-state index in [0.717, 1.165) is 13.0 Å². The van der Waals surface area contributed by atoms with Crippen LogP contribution in [0.5, 0.6) is 0 Å². The van der Waals surface area contributed by atoms with E-state index in [4.69, 9.17) is 0 Å². The summed E-state index contributed by atoms with van der Waals surface area (Å²) in [5.41, 5.74) is 0. The van der Waals surface area contributed by atoms with E-state index >= 15 is 0 Å². The van der Waals surface area contributed by atoms with Crippen molar-refractivity contribution in [1.82, 2.24) is 4.34 Å². The Labute approximate surface area is 127 Å². The minimum atomic E-state index is -0.540. The molecule has 3 rings (SSSR count). The summed E-state index contributed by atoms with van der Waals surface area (Å²) in [6, 6.07) is 21.5. The fraction of sp³-hybridized carbons (Fsp3) is 0.167. The minimum absolute atomic E-state index is 0.540. The average molecular weight is 295 g/mol. The number of nitrogens with zero attached hydrogens (tertiary/aromatic N) is 2. The molecule has 3 heteroatoms. The Bertz CT molecular complexity index is 637. The van der Waals surface area contributed by atoms with Gasteiger partial charge in [0.1, 0.15) is 12.4 Å². The Hall–Kier alpha value is -1.92. The van der Waals surface area contributed by atoms with Gasteiger partial charge in [-0.15, -0.1) is 0 Å². The zero-order valence-electron chi connectivity index (χ0n) is 12.3. The first-order valence-corrected chi connectivity index (χ1v) is 8.65.